The van der Waals surface area contributed by atoms with Crippen LogP contribution in [0.5, 0.6) is 0 Å². The highest BCUT2D eigenvalue weighted by Crippen LogP contribution is 2.31. The molecule has 2 aromatic heterocycles. The smallest absolute Gasteiger partial charge is 0.234 e. The summed E-state index contributed by atoms with van der Waals surface area (Å²) in [4.78, 5) is 0.609. The Bertz CT molecular complexity index is 610. The molecule has 0 aliphatic carbocycles. The number of nitrogens with two attached hydrogens (primary N) is 1. The number of hydrogen-bond acceptors (Lipinski definition) is 5. The summed E-state index contributed by atoms with van der Waals surface area (Å²) >= 11 is 1.24. The van der Waals surface area contributed by atoms with Crippen molar-refractivity contribution in [1.82, 2.24) is 19.8 Å². The Labute approximate surface area is 93.3 Å². The van der Waals surface area contributed by atoms with Gasteiger partial charge >= 0.3 is 0 Å². The van der Waals surface area contributed by atoms with Crippen LogP contribution in [-0.4, -0.2) is 19.8 Å². The quantitative estimate of drug-likeness (QED) is 0.650. The first-order valence-electron chi connectivity index (χ1n) is 4.47. The van der Waals surface area contributed by atoms with Gasteiger partial charge in [0.15, 0.2) is 5.01 Å². The van der Waals surface area contributed by atoms with E-state index in [1.54, 1.807) is 12.1 Å². The molecule has 0 aliphatic heterocycles. The molecule has 0 bridgehead atoms. The van der Waals surface area contributed by atoms with Gasteiger partial charge in [0.2, 0.25) is 4.96 Å². The Hall–Kier alpha value is -2.02. The van der Waals surface area contributed by atoms with Crippen LogP contribution in [0.2, 0.25) is 0 Å². The monoisotopic (exact) mass is 235 g/mol. The van der Waals surface area contributed by atoms with Gasteiger partial charge in [-0.25, -0.2) is 4.39 Å². The van der Waals surface area contributed by atoms with Crippen LogP contribution in [0.3, 0.4) is 0 Å². The van der Waals surface area contributed by atoms with Crippen LogP contribution in [0, 0.1) is 5.82 Å². The summed E-state index contributed by atoms with van der Waals surface area (Å²) in [6, 6.07) is 4.56. The molecule has 3 aromatic rings. The molecule has 0 amide bonds. The van der Waals surface area contributed by atoms with Crippen molar-refractivity contribution >= 4 is 22.0 Å². The fraction of sp³-hybridized carbons (Fsp3) is 0. The number of halogens is 1. The zero-order chi connectivity index (χ0) is 11.1. The lowest BCUT2D eigenvalue weighted by molar-refractivity contribution is 0.631. The number of rotatable bonds is 1. The summed E-state index contributed by atoms with van der Waals surface area (Å²) in [7, 11) is 0. The van der Waals surface area contributed by atoms with Crippen molar-refractivity contribution in [3.05, 3.63) is 30.3 Å². The van der Waals surface area contributed by atoms with Gasteiger partial charge in [0.05, 0.1) is 5.56 Å². The molecule has 0 saturated carbocycles. The molecule has 0 fully saturated rings. The van der Waals surface area contributed by atoms with E-state index in [1.807, 2.05) is 0 Å². The number of fused-ring (bicyclic) bond motifs is 1. The van der Waals surface area contributed by atoms with Gasteiger partial charge in [0.1, 0.15) is 12.1 Å². The van der Waals surface area contributed by atoms with Crippen molar-refractivity contribution in [1.29, 1.82) is 0 Å². The zero-order valence-corrected chi connectivity index (χ0v) is 8.78. The molecular formula is C9H6FN5S. The predicted octanol–water partition coefficient (Wildman–Crippen LogP) is 1.57. The van der Waals surface area contributed by atoms with Gasteiger partial charge in [-0.2, -0.15) is 9.61 Å². The minimum absolute atomic E-state index is 0.318. The number of anilines is 1. The van der Waals surface area contributed by atoms with E-state index in [0.717, 1.165) is 0 Å². The standard InChI is InChI=1S/C9H6FN5S/c10-5-2-1-3-6(11)7(5)8-14-15-4-12-13-9(15)16-8/h1-4H,11H2. The molecule has 0 unspecified atom stereocenters. The maximum atomic E-state index is 13.6. The summed E-state index contributed by atoms with van der Waals surface area (Å²) in [6.45, 7) is 0. The third kappa shape index (κ3) is 1.25. The molecular weight excluding hydrogens is 229 g/mol. The van der Waals surface area contributed by atoms with Crippen molar-refractivity contribution in [2.75, 3.05) is 5.73 Å². The molecule has 0 saturated heterocycles. The minimum Gasteiger partial charge on any atom is -0.398 e. The SMILES string of the molecule is Nc1cccc(F)c1-c1nn2cnnc2s1. The third-order valence-electron chi connectivity index (χ3n) is 2.15. The second-order valence-corrected chi connectivity index (χ2v) is 4.13. The van der Waals surface area contributed by atoms with Gasteiger partial charge in [-0.1, -0.05) is 17.4 Å². The van der Waals surface area contributed by atoms with Crippen LogP contribution < -0.4 is 5.73 Å². The van der Waals surface area contributed by atoms with Crippen LogP contribution in [0.15, 0.2) is 24.5 Å². The second kappa shape index (κ2) is 3.24. The van der Waals surface area contributed by atoms with Gasteiger partial charge in [-0.05, 0) is 12.1 Å². The fourth-order valence-corrected chi connectivity index (χ4v) is 2.32. The van der Waals surface area contributed by atoms with E-state index in [9.17, 15) is 4.39 Å². The molecule has 2 heterocycles. The number of nitrogen functional groups attached to an aromatic ring is 1. The van der Waals surface area contributed by atoms with Gasteiger partial charge < -0.3 is 5.73 Å². The van der Waals surface area contributed by atoms with Crippen molar-refractivity contribution in [3.8, 4) is 10.6 Å². The van der Waals surface area contributed by atoms with Gasteiger partial charge in [0.25, 0.3) is 0 Å². The molecule has 1 aromatic carbocycles. The Balaban J connectivity index is 2.26. The van der Waals surface area contributed by atoms with Gasteiger partial charge in [-0.15, -0.1) is 10.2 Å². The average Bonchev–Trinajstić information content (AvgIpc) is 2.77. The van der Waals surface area contributed by atoms with E-state index in [1.165, 1.54) is 28.2 Å². The number of benzene rings is 1. The first-order chi connectivity index (χ1) is 7.75. The van der Waals surface area contributed by atoms with E-state index >= 15 is 0 Å². The van der Waals surface area contributed by atoms with E-state index in [0.29, 0.717) is 21.2 Å². The molecule has 3 rings (SSSR count). The number of nitrogens with zero attached hydrogens (tertiary/aromatic N) is 4. The zero-order valence-electron chi connectivity index (χ0n) is 7.96. The van der Waals surface area contributed by atoms with Crippen LogP contribution >= 0.6 is 11.3 Å². The van der Waals surface area contributed by atoms with E-state index in [-0.39, 0.29) is 5.82 Å². The molecule has 16 heavy (non-hydrogen) atoms. The van der Waals surface area contributed by atoms with Crippen LogP contribution in [-0.2, 0) is 0 Å². The Morgan fingerprint density at radius 3 is 3.00 bits per heavy atom. The second-order valence-electron chi connectivity index (χ2n) is 3.17. The molecule has 0 atom stereocenters. The Morgan fingerprint density at radius 1 is 1.38 bits per heavy atom. The summed E-state index contributed by atoms with van der Waals surface area (Å²) in [5.41, 5.74) is 6.41. The first kappa shape index (κ1) is 9.22. The molecule has 0 aliphatic rings. The van der Waals surface area contributed by atoms with Crippen LogP contribution in [0.4, 0.5) is 10.1 Å². The van der Waals surface area contributed by atoms with Crippen LogP contribution in [0.25, 0.3) is 15.5 Å². The topological polar surface area (TPSA) is 69.1 Å². The summed E-state index contributed by atoms with van der Waals surface area (Å²) in [6.07, 6.45) is 1.46. The highest BCUT2D eigenvalue weighted by molar-refractivity contribution is 7.19. The predicted molar refractivity (Wildman–Crippen MR) is 58.5 cm³/mol. The van der Waals surface area contributed by atoms with E-state index in [2.05, 4.69) is 15.3 Å². The van der Waals surface area contributed by atoms with Crippen molar-refractivity contribution in [2.24, 2.45) is 0 Å². The van der Waals surface area contributed by atoms with E-state index in [4.69, 9.17) is 5.73 Å². The molecule has 5 nitrogen and oxygen atoms in total. The van der Waals surface area contributed by atoms with Crippen molar-refractivity contribution in [2.45, 2.75) is 0 Å². The highest BCUT2D eigenvalue weighted by atomic mass is 32.1. The lowest BCUT2D eigenvalue weighted by atomic mass is 10.2. The molecule has 2 N–H and O–H groups in total. The lowest BCUT2D eigenvalue weighted by Gasteiger charge is -2.01. The maximum Gasteiger partial charge on any atom is 0.234 e. The molecule has 80 valence electrons. The van der Waals surface area contributed by atoms with Crippen molar-refractivity contribution < 1.29 is 4.39 Å². The molecule has 7 heteroatoms. The Morgan fingerprint density at radius 2 is 2.25 bits per heavy atom. The van der Waals surface area contributed by atoms with Crippen molar-refractivity contribution in [3.63, 3.8) is 0 Å². The molecule has 0 spiro atoms. The maximum absolute atomic E-state index is 13.6. The molecule has 0 radical (unpaired) electrons. The average molecular weight is 235 g/mol. The first-order valence-corrected chi connectivity index (χ1v) is 5.28. The normalized spacial score (nSPS) is 11.1. The van der Waals surface area contributed by atoms with Gasteiger partial charge in [0, 0.05) is 5.69 Å². The minimum atomic E-state index is -0.384. The lowest BCUT2D eigenvalue weighted by Crippen LogP contribution is -1.93. The van der Waals surface area contributed by atoms with Crippen LogP contribution in [0.1, 0.15) is 0 Å². The third-order valence-corrected chi connectivity index (χ3v) is 3.08. The highest BCUT2D eigenvalue weighted by Gasteiger charge is 2.14. The van der Waals surface area contributed by atoms with E-state index < -0.39 is 0 Å². The fourth-order valence-electron chi connectivity index (χ4n) is 1.43. The largest absolute Gasteiger partial charge is 0.398 e. The Kier molecular flexibility index (Phi) is 1.87. The number of hydrogen-bond donors (Lipinski definition) is 1. The van der Waals surface area contributed by atoms with Gasteiger partial charge in [-0.3, -0.25) is 0 Å². The number of aromatic nitrogens is 4. The summed E-state index contributed by atoms with van der Waals surface area (Å²) in [5, 5.41) is 12.2. The summed E-state index contributed by atoms with van der Waals surface area (Å²) in [5.74, 6) is -0.384. The summed E-state index contributed by atoms with van der Waals surface area (Å²) < 4.78 is 15.1.